The Morgan fingerprint density at radius 3 is 2.10 bits per heavy atom. The predicted molar refractivity (Wildman–Crippen MR) is 82.6 cm³/mol. The summed E-state index contributed by atoms with van der Waals surface area (Å²) < 4.78 is 0. The van der Waals surface area contributed by atoms with Crippen molar-refractivity contribution < 1.29 is 4.79 Å². The molecule has 1 amide bonds. The molecule has 3 nitrogen and oxygen atoms in total. The van der Waals surface area contributed by atoms with Crippen LogP contribution in [0.2, 0.25) is 0 Å². The topological polar surface area (TPSA) is 55.1 Å². The first-order valence-corrected chi connectivity index (χ1v) is 6.86. The Morgan fingerprint density at radius 2 is 1.55 bits per heavy atom. The first-order chi connectivity index (χ1) is 9.70. The van der Waals surface area contributed by atoms with Crippen LogP contribution in [-0.4, -0.2) is 19.0 Å². The molecule has 0 saturated carbocycles. The minimum Gasteiger partial charge on any atom is -0.352 e. The SMILES string of the molecule is Cc1ccc(-c2ccc(C(=O)NCCCN)cc2)cc1. The van der Waals surface area contributed by atoms with Gasteiger partial charge < -0.3 is 11.1 Å². The molecule has 3 N–H and O–H groups in total. The molecule has 0 aliphatic heterocycles. The molecule has 2 rings (SSSR count). The third-order valence-electron chi connectivity index (χ3n) is 3.20. The number of hydrogen-bond donors (Lipinski definition) is 2. The van der Waals surface area contributed by atoms with E-state index in [1.807, 2.05) is 24.3 Å². The summed E-state index contributed by atoms with van der Waals surface area (Å²) >= 11 is 0. The molecule has 0 heterocycles. The molecule has 0 fully saturated rings. The average Bonchev–Trinajstić information content (AvgIpc) is 2.48. The van der Waals surface area contributed by atoms with Crippen molar-refractivity contribution in [1.82, 2.24) is 5.32 Å². The van der Waals surface area contributed by atoms with Gasteiger partial charge in [0.05, 0.1) is 0 Å². The Kier molecular flexibility index (Phi) is 4.91. The Balaban J connectivity index is 2.06. The number of amides is 1. The quantitative estimate of drug-likeness (QED) is 0.819. The van der Waals surface area contributed by atoms with Crippen LogP contribution >= 0.6 is 0 Å². The number of carbonyl (C=O) groups excluding carboxylic acids is 1. The highest BCUT2D eigenvalue weighted by molar-refractivity contribution is 5.94. The molecule has 0 aromatic heterocycles. The molecule has 0 radical (unpaired) electrons. The summed E-state index contributed by atoms with van der Waals surface area (Å²) in [5.41, 5.74) is 9.59. The van der Waals surface area contributed by atoms with Crippen LogP contribution in [0.3, 0.4) is 0 Å². The van der Waals surface area contributed by atoms with E-state index in [-0.39, 0.29) is 5.91 Å². The number of benzene rings is 2. The second-order valence-electron chi connectivity index (χ2n) is 4.84. The maximum absolute atomic E-state index is 11.9. The summed E-state index contributed by atoms with van der Waals surface area (Å²) in [6.07, 6.45) is 0.799. The van der Waals surface area contributed by atoms with Crippen molar-refractivity contribution in [2.45, 2.75) is 13.3 Å². The van der Waals surface area contributed by atoms with Crippen molar-refractivity contribution >= 4 is 5.91 Å². The van der Waals surface area contributed by atoms with E-state index >= 15 is 0 Å². The van der Waals surface area contributed by atoms with E-state index < -0.39 is 0 Å². The van der Waals surface area contributed by atoms with Crippen LogP contribution in [0.4, 0.5) is 0 Å². The van der Waals surface area contributed by atoms with Crippen LogP contribution in [0.15, 0.2) is 48.5 Å². The van der Waals surface area contributed by atoms with Gasteiger partial charge in [0, 0.05) is 12.1 Å². The van der Waals surface area contributed by atoms with Gasteiger partial charge >= 0.3 is 0 Å². The molecule has 104 valence electrons. The Bertz CT molecular complexity index is 559. The van der Waals surface area contributed by atoms with Crippen molar-refractivity contribution in [3.63, 3.8) is 0 Å². The molecule has 0 aliphatic carbocycles. The number of nitrogens with one attached hydrogen (secondary N) is 1. The zero-order valence-electron chi connectivity index (χ0n) is 11.7. The third kappa shape index (κ3) is 3.68. The largest absolute Gasteiger partial charge is 0.352 e. The molecule has 0 spiro atoms. The van der Waals surface area contributed by atoms with E-state index in [1.165, 1.54) is 5.56 Å². The predicted octanol–water partition coefficient (Wildman–Crippen LogP) is 2.74. The highest BCUT2D eigenvalue weighted by atomic mass is 16.1. The summed E-state index contributed by atoms with van der Waals surface area (Å²) in [5.74, 6) is -0.0473. The Hall–Kier alpha value is -2.13. The fourth-order valence-electron chi connectivity index (χ4n) is 1.97. The van der Waals surface area contributed by atoms with Crippen LogP contribution in [-0.2, 0) is 0 Å². The van der Waals surface area contributed by atoms with Gasteiger partial charge in [-0.25, -0.2) is 0 Å². The summed E-state index contributed by atoms with van der Waals surface area (Å²) in [6, 6.07) is 16.0. The number of hydrogen-bond acceptors (Lipinski definition) is 2. The van der Waals surface area contributed by atoms with E-state index in [2.05, 4.69) is 36.5 Å². The molecule has 0 aliphatic rings. The van der Waals surface area contributed by atoms with Crippen molar-refractivity contribution in [3.05, 3.63) is 59.7 Å². The van der Waals surface area contributed by atoms with Gasteiger partial charge in [-0.1, -0.05) is 42.0 Å². The van der Waals surface area contributed by atoms with Gasteiger partial charge in [-0.15, -0.1) is 0 Å². The minimum atomic E-state index is -0.0473. The van der Waals surface area contributed by atoms with E-state index in [0.717, 1.165) is 17.5 Å². The lowest BCUT2D eigenvalue weighted by atomic mass is 10.0. The smallest absolute Gasteiger partial charge is 0.251 e. The molecule has 2 aromatic carbocycles. The minimum absolute atomic E-state index is 0.0473. The van der Waals surface area contributed by atoms with Gasteiger partial charge in [0.25, 0.3) is 5.91 Å². The lowest BCUT2D eigenvalue weighted by Gasteiger charge is -2.06. The second kappa shape index (κ2) is 6.87. The molecule has 0 saturated heterocycles. The van der Waals surface area contributed by atoms with Gasteiger partial charge in [-0.3, -0.25) is 4.79 Å². The van der Waals surface area contributed by atoms with Gasteiger partial charge in [0.2, 0.25) is 0 Å². The summed E-state index contributed by atoms with van der Waals surface area (Å²) in [7, 11) is 0. The van der Waals surface area contributed by atoms with Crippen LogP contribution in [0.1, 0.15) is 22.3 Å². The Labute approximate surface area is 119 Å². The second-order valence-corrected chi connectivity index (χ2v) is 4.84. The number of aryl methyl sites for hydroxylation is 1. The zero-order valence-corrected chi connectivity index (χ0v) is 11.7. The van der Waals surface area contributed by atoms with Gasteiger partial charge in [0.1, 0.15) is 0 Å². The Morgan fingerprint density at radius 1 is 1.00 bits per heavy atom. The number of rotatable bonds is 5. The highest BCUT2D eigenvalue weighted by Gasteiger charge is 2.05. The van der Waals surface area contributed by atoms with Crippen LogP contribution < -0.4 is 11.1 Å². The highest BCUT2D eigenvalue weighted by Crippen LogP contribution is 2.20. The fraction of sp³-hybridized carbons (Fsp3) is 0.235. The van der Waals surface area contributed by atoms with Crippen molar-refractivity contribution in [1.29, 1.82) is 0 Å². The van der Waals surface area contributed by atoms with Crippen molar-refractivity contribution in [2.75, 3.05) is 13.1 Å². The molecule has 0 bridgehead atoms. The molecule has 0 atom stereocenters. The van der Waals surface area contributed by atoms with Crippen LogP contribution in [0, 0.1) is 6.92 Å². The lowest BCUT2D eigenvalue weighted by molar-refractivity contribution is 0.0953. The number of carbonyl (C=O) groups is 1. The van der Waals surface area contributed by atoms with E-state index in [0.29, 0.717) is 18.7 Å². The fourth-order valence-corrected chi connectivity index (χ4v) is 1.97. The average molecular weight is 268 g/mol. The summed E-state index contributed by atoms with van der Waals surface area (Å²) in [6.45, 7) is 3.28. The molecular weight excluding hydrogens is 248 g/mol. The molecule has 2 aromatic rings. The van der Waals surface area contributed by atoms with Crippen molar-refractivity contribution in [3.8, 4) is 11.1 Å². The van der Waals surface area contributed by atoms with Crippen LogP contribution in [0.5, 0.6) is 0 Å². The number of nitrogens with two attached hydrogens (primary N) is 1. The summed E-state index contributed by atoms with van der Waals surface area (Å²) in [4.78, 5) is 11.9. The van der Waals surface area contributed by atoms with Crippen LogP contribution in [0.25, 0.3) is 11.1 Å². The summed E-state index contributed by atoms with van der Waals surface area (Å²) in [5, 5.41) is 2.85. The molecule has 20 heavy (non-hydrogen) atoms. The normalized spacial score (nSPS) is 10.3. The zero-order chi connectivity index (χ0) is 14.4. The van der Waals surface area contributed by atoms with E-state index in [4.69, 9.17) is 5.73 Å². The third-order valence-corrected chi connectivity index (χ3v) is 3.20. The standard InChI is InChI=1S/C17H20N2O/c1-13-3-5-14(6-4-13)15-7-9-16(10-8-15)17(20)19-12-2-11-18/h3-10H,2,11-12,18H2,1H3,(H,19,20). The first kappa shape index (κ1) is 14.3. The van der Waals surface area contributed by atoms with Gasteiger partial charge in [-0.2, -0.15) is 0 Å². The molecule has 3 heteroatoms. The molecular formula is C17H20N2O. The van der Waals surface area contributed by atoms with Crippen molar-refractivity contribution in [2.24, 2.45) is 5.73 Å². The maximum Gasteiger partial charge on any atom is 0.251 e. The maximum atomic E-state index is 11.9. The first-order valence-electron chi connectivity index (χ1n) is 6.86. The molecule has 0 unspecified atom stereocenters. The lowest BCUT2D eigenvalue weighted by Crippen LogP contribution is -2.25. The van der Waals surface area contributed by atoms with E-state index in [1.54, 1.807) is 0 Å². The van der Waals surface area contributed by atoms with E-state index in [9.17, 15) is 4.79 Å². The van der Waals surface area contributed by atoms with Gasteiger partial charge in [0.15, 0.2) is 0 Å². The monoisotopic (exact) mass is 268 g/mol. The van der Waals surface area contributed by atoms with Gasteiger partial charge in [-0.05, 0) is 43.1 Å².